The number of allylic oxidation sites excluding steroid dienone is 1. The fourth-order valence-corrected chi connectivity index (χ4v) is 4.54. The molecule has 2 aromatic carbocycles. The second-order valence-corrected chi connectivity index (χ2v) is 9.57. The predicted molar refractivity (Wildman–Crippen MR) is 146 cm³/mol. The number of aromatic carboxylic acids is 1. The Kier molecular flexibility index (Phi) is 9.07. The molecule has 1 aliphatic carbocycles. The highest BCUT2D eigenvalue weighted by Gasteiger charge is 2.26. The van der Waals surface area contributed by atoms with Crippen LogP contribution in [0.15, 0.2) is 60.7 Å². The maximum absolute atomic E-state index is 12.7. The molecule has 1 heterocycles. The Morgan fingerprint density at radius 2 is 1.89 bits per heavy atom. The summed E-state index contributed by atoms with van der Waals surface area (Å²) in [4.78, 5) is 12.7. The Morgan fingerprint density at radius 3 is 2.57 bits per heavy atom. The van der Waals surface area contributed by atoms with Crippen molar-refractivity contribution in [2.75, 3.05) is 26.9 Å². The zero-order chi connectivity index (χ0) is 26.2. The van der Waals surface area contributed by atoms with Gasteiger partial charge in [-0.3, -0.25) is 0 Å². The normalized spacial score (nSPS) is 13.3. The third kappa shape index (κ3) is 6.83. The number of carbonyl (C=O) groups is 1. The van der Waals surface area contributed by atoms with E-state index in [-0.39, 0.29) is 5.69 Å². The van der Waals surface area contributed by atoms with Crippen LogP contribution in [-0.4, -0.2) is 42.6 Å². The van der Waals surface area contributed by atoms with Crippen LogP contribution in [0.25, 0.3) is 11.1 Å². The summed E-state index contributed by atoms with van der Waals surface area (Å²) < 4.78 is 18.8. The monoisotopic (exact) mass is 503 g/mol. The Hall–Kier alpha value is -3.51. The maximum atomic E-state index is 12.7. The topological polar surface area (TPSA) is 69.9 Å². The summed E-state index contributed by atoms with van der Waals surface area (Å²) in [5, 5.41) is 10.4. The molecule has 1 aliphatic rings. The average molecular weight is 504 g/mol. The van der Waals surface area contributed by atoms with E-state index < -0.39 is 5.97 Å². The summed E-state index contributed by atoms with van der Waals surface area (Å²) in [6.45, 7) is 6.54. The summed E-state index contributed by atoms with van der Waals surface area (Å²) in [7, 11) is 1.63. The summed E-state index contributed by atoms with van der Waals surface area (Å²) in [6.07, 6.45) is 8.12. The number of hydrogen-bond acceptors (Lipinski definition) is 4. The van der Waals surface area contributed by atoms with Gasteiger partial charge in [0.2, 0.25) is 0 Å². The lowest BCUT2D eigenvalue weighted by Crippen LogP contribution is -2.13. The fraction of sp³-hybridized carbons (Fsp3) is 0.387. The van der Waals surface area contributed by atoms with Gasteiger partial charge in [0.05, 0.1) is 20.3 Å². The van der Waals surface area contributed by atoms with Crippen LogP contribution < -0.4 is 9.47 Å². The summed E-state index contributed by atoms with van der Waals surface area (Å²) >= 11 is 0. The number of ether oxygens (including phenoxy) is 3. The molecule has 1 aromatic heterocycles. The second kappa shape index (κ2) is 12.6. The number of carboxylic acid groups (broad SMARTS) is 1. The molecule has 6 heteroatoms. The standard InChI is InChI=1S/C31H37NO5/c1-4-17-36-18-6-5-10-28-22(2)29(25-13-15-26(16-14-25)37-21-23-11-12-23)30(31(33)34)32(28)20-24-8-7-9-27(19-24)35-3/h5-9,13-16,19,23H,4,10-12,17-18,20-21H2,1-3H3,(H,33,34)/b6-5-. The lowest BCUT2D eigenvalue weighted by molar-refractivity contribution is 0.0686. The van der Waals surface area contributed by atoms with Gasteiger partial charge in [-0.15, -0.1) is 0 Å². The van der Waals surface area contributed by atoms with Gasteiger partial charge < -0.3 is 23.9 Å². The molecular formula is C31H37NO5. The van der Waals surface area contributed by atoms with E-state index in [1.807, 2.05) is 66.1 Å². The molecule has 0 radical (unpaired) electrons. The van der Waals surface area contributed by atoms with Gasteiger partial charge in [-0.2, -0.15) is 0 Å². The van der Waals surface area contributed by atoms with Gasteiger partial charge in [0.25, 0.3) is 0 Å². The van der Waals surface area contributed by atoms with Gasteiger partial charge >= 0.3 is 5.97 Å². The highest BCUT2D eigenvalue weighted by molar-refractivity contribution is 5.96. The van der Waals surface area contributed by atoms with Crippen molar-refractivity contribution in [1.82, 2.24) is 4.57 Å². The maximum Gasteiger partial charge on any atom is 0.353 e. The molecule has 1 fully saturated rings. The molecule has 0 amide bonds. The lowest BCUT2D eigenvalue weighted by Gasteiger charge is -2.13. The number of aromatic nitrogens is 1. The van der Waals surface area contributed by atoms with Crippen molar-refractivity contribution in [3.05, 3.63) is 83.2 Å². The van der Waals surface area contributed by atoms with Crippen molar-refractivity contribution in [3.63, 3.8) is 0 Å². The number of rotatable bonds is 14. The fourth-order valence-electron chi connectivity index (χ4n) is 4.54. The van der Waals surface area contributed by atoms with Crippen molar-refractivity contribution in [2.24, 2.45) is 5.92 Å². The van der Waals surface area contributed by atoms with Gasteiger partial charge in [-0.25, -0.2) is 4.79 Å². The number of hydrogen-bond donors (Lipinski definition) is 1. The zero-order valence-electron chi connectivity index (χ0n) is 22.0. The van der Waals surface area contributed by atoms with E-state index in [4.69, 9.17) is 14.2 Å². The summed E-state index contributed by atoms with van der Waals surface area (Å²) in [6, 6.07) is 15.6. The first-order valence-corrected chi connectivity index (χ1v) is 13.1. The molecule has 0 spiro atoms. The van der Waals surface area contributed by atoms with Crippen LogP contribution in [0.3, 0.4) is 0 Å². The number of carboxylic acids is 1. The van der Waals surface area contributed by atoms with Crippen molar-refractivity contribution in [1.29, 1.82) is 0 Å². The van der Waals surface area contributed by atoms with Crippen LogP contribution in [0.1, 0.15) is 53.5 Å². The lowest BCUT2D eigenvalue weighted by atomic mass is 10.00. The smallest absolute Gasteiger partial charge is 0.353 e. The van der Waals surface area contributed by atoms with Crippen LogP contribution in [0.2, 0.25) is 0 Å². The minimum atomic E-state index is -0.948. The van der Waals surface area contributed by atoms with E-state index in [2.05, 4.69) is 13.0 Å². The summed E-state index contributed by atoms with van der Waals surface area (Å²) in [5.74, 6) is 1.29. The zero-order valence-corrected chi connectivity index (χ0v) is 22.0. The molecule has 0 unspecified atom stereocenters. The first-order valence-electron chi connectivity index (χ1n) is 13.1. The van der Waals surface area contributed by atoms with E-state index in [1.54, 1.807) is 7.11 Å². The quantitative estimate of drug-likeness (QED) is 0.200. The third-order valence-corrected chi connectivity index (χ3v) is 6.68. The number of nitrogens with zero attached hydrogens (tertiary/aromatic N) is 1. The Labute approximate surface area is 219 Å². The highest BCUT2D eigenvalue weighted by Crippen LogP contribution is 2.35. The van der Waals surface area contributed by atoms with E-state index in [9.17, 15) is 9.90 Å². The Bertz CT molecular complexity index is 1220. The van der Waals surface area contributed by atoms with Crippen LogP contribution in [0.4, 0.5) is 0 Å². The average Bonchev–Trinajstić information content (AvgIpc) is 3.70. The van der Waals surface area contributed by atoms with Crippen molar-refractivity contribution in [2.45, 2.75) is 46.1 Å². The molecule has 1 N–H and O–H groups in total. The van der Waals surface area contributed by atoms with Crippen molar-refractivity contribution >= 4 is 5.97 Å². The molecule has 6 nitrogen and oxygen atoms in total. The van der Waals surface area contributed by atoms with Crippen LogP contribution >= 0.6 is 0 Å². The molecule has 4 rings (SSSR count). The summed E-state index contributed by atoms with van der Waals surface area (Å²) in [5.41, 5.74) is 4.81. The van der Waals surface area contributed by atoms with Gasteiger partial charge in [0.1, 0.15) is 17.2 Å². The molecule has 37 heavy (non-hydrogen) atoms. The molecule has 0 aliphatic heterocycles. The minimum Gasteiger partial charge on any atom is -0.497 e. The first kappa shape index (κ1) is 26.6. The van der Waals surface area contributed by atoms with Gasteiger partial charge in [-0.05, 0) is 73.1 Å². The molecular weight excluding hydrogens is 466 g/mol. The SMILES string of the molecule is CCCOC/C=C\Cc1c(C)c(-c2ccc(OCC3CC3)cc2)c(C(=O)O)n1Cc1cccc(OC)c1. The number of methoxy groups -OCH3 is 1. The van der Waals surface area contributed by atoms with Gasteiger partial charge in [-0.1, -0.05) is 43.3 Å². The third-order valence-electron chi connectivity index (χ3n) is 6.68. The van der Waals surface area contributed by atoms with Gasteiger partial charge in [0.15, 0.2) is 0 Å². The molecule has 1 saturated carbocycles. The van der Waals surface area contributed by atoms with Crippen molar-refractivity contribution < 1.29 is 24.1 Å². The van der Waals surface area contributed by atoms with E-state index in [0.717, 1.165) is 59.1 Å². The van der Waals surface area contributed by atoms with E-state index >= 15 is 0 Å². The van der Waals surface area contributed by atoms with E-state index in [1.165, 1.54) is 12.8 Å². The molecule has 0 bridgehead atoms. The predicted octanol–water partition coefficient (Wildman–Crippen LogP) is 6.53. The highest BCUT2D eigenvalue weighted by atomic mass is 16.5. The Balaban J connectivity index is 1.70. The van der Waals surface area contributed by atoms with Gasteiger partial charge in [0, 0.05) is 30.8 Å². The molecule has 0 saturated heterocycles. The van der Waals surface area contributed by atoms with Crippen LogP contribution in [0.5, 0.6) is 11.5 Å². The molecule has 196 valence electrons. The Morgan fingerprint density at radius 1 is 1.11 bits per heavy atom. The molecule has 3 aromatic rings. The van der Waals surface area contributed by atoms with E-state index in [0.29, 0.717) is 25.5 Å². The molecule has 0 atom stereocenters. The first-order chi connectivity index (χ1) is 18.0. The van der Waals surface area contributed by atoms with Crippen LogP contribution in [0, 0.1) is 12.8 Å². The van der Waals surface area contributed by atoms with Crippen LogP contribution in [-0.2, 0) is 17.7 Å². The van der Waals surface area contributed by atoms with Crippen molar-refractivity contribution in [3.8, 4) is 22.6 Å². The second-order valence-electron chi connectivity index (χ2n) is 9.57. The number of benzene rings is 2. The minimum absolute atomic E-state index is 0.289. The largest absolute Gasteiger partial charge is 0.497 e.